The van der Waals surface area contributed by atoms with Gasteiger partial charge in [-0.1, -0.05) is 0 Å². The number of aromatic nitrogens is 3. The van der Waals surface area contributed by atoms with Crippen LogP contribution in [-0.2, 0) is 12.6 Å². The van der Waals surface area contributed by atoms with E-state index in [1.54, 1.807) is 0 Å². The lowest BCUT2D eigenvalue weighted by atomic mass is 10.1. The van der Waals surface area contributed by atoms with Gasteiger partial charge < -0.3 is 15.6 Å². The standard InChI is InChI=1S/C12H9F3N4O2/c13-12(14,15)5-3-7(20)9(17-4-5)8-6-1-2-21-10(6)11(16)19-18-8/h3-4,20H,1-2H2,(H2,16,19). The zero-order valence-corrected chi connectivity index (χ0v) is 10.5. The summed E-state index contributed by atoms with van der Waals surface area (Å²) in [6.07, 6.45) is -3.48. The first kappa shape index (κ1) is 13.4. The number of alkyl halides is 3. The van der Waals surface area contributed by atoms with Crippen LogP contribution in [-0.4, -0.2) is 26.9 Å². The summed E-state index contributed by atoms with van der Waals surface area (Å²) in [4.78, 5) is 3.65. The minimum Gasteiger partial charge on any atom is -0.506 e. The number of hydrogen-bond donors (Lipinski definition) is 2. The lowest BCUT2D eigenvalue weighted by Crippen LogP contribution is -2.06. The molecule has 0 spiro atoms. The van der Waals surface area contributed by atoms with Gasteiger partial charge in [-0.2, -0.15) is 13.2 Å². The fraction of sp³-hybridized carbons (Fsp3) is 0.250. The highest BCUT2D eigenvalue weighted by atomic mass is 19.4. The molecule has 6 nitrogen and oxygen atoms in total. The van der Waals surface area contributed by atoms with Crippen molar-refractivity contribution in [1.82, 2.24) is 15.2 Å². The predicted octanol–water partition coefficient (Wildman–Crippen LogP) is 1.78. The van der Waals surface area contributed by atoms with E-state index in [9.17, 15) is 18.3 Å². The molecule has 0 unspecified atom stereocenters. The van der Waals surface area contributed by atoms with Crippen LogP contribution in [0.25, 0.3) is 11.4 Å². The Morgan fingerprint density at radius 3 is 2.67 bits per heavy atom. The summed E-state index contributed by atoms with van der Waals surface area (Å²) in [5.74, 6) is -0.197. The minimum atomic E-state index is -4.58. The molecule has 2 aromatic heterocycles. The molecule has 3 heterocycles. The van der Waals surface area contributed by atoms with Crippen LogP contribution >= 0.6 is 0 Å². The zero-order chi connectivity index (χ0) is 15.2. The second-order valence-electron chi connectivity index (χ2n) is 4.43. The van der Waals surface area contributed by atoms with Gasteiger partial charge in [-0.15, -0.1) is 10.2 Å². The zero-order valence-electron chi connectivity index (χ0n) is 10.5. The summed E-state index contributed by atoms with van der Waals surface area (Å²) in [7, 11) is 0. The number of ether oxygens (including phenoxy) is 1. The monoisotopic (exact) mass is 298 g/mol. The molecule has 1 aliphatic rings. The summed E-state index contributed by atoms with van der Waals surface area (Å²) in [5.41, 5.74) is 5.22. The van der Waals surface area contributed by atoms with Crippen LogP contribution in [0.3, 0.4) is 0 Å². The molecule has 0 fully saturated rings. The van der Waals surface area contributed by atoms with Crippen molar-refractivity contribution in [3.05, 3.63) is 23.4 Å². The van der Waals surface area contributed by atoms with E-state index in [0.717, 1.165) is 0 Å². The summed E-state index contributed by atoms with van der Waals surface area (Å²) in [5, 5.41) is 17.3. The minimum absolute atomic E-state index is 0.0859. The first-order chi connectivity index (χ1) is 9.88. The van der Waals surface area contributed by atoms with Crippen LogP contribution in [0.1, 0.15) is 11.1 Å². The average Bonchev–Trinajstić information content (AvgIpc) is 2.89. The van der Waals surface area contributed by atoms with Gasteiger partial charge in [0.1, 0.15) is 17.1 Å². The summed E-state index contributed by atoms with van der Waals surface area (Å²) in [6, 6.07) is 0.600. The number of anilines is 1. The van der Waals surface area contributed by atoms with Crippen LogP contribution in [0, 0.1) is 0 Å². The lowest BCUT2D eigenvalue weighted by molar-refractivity contribution is -0.137. The SMILES string of the molecule is Nc1nnc(-c2ncc(C(F)(F)F)cc2O)c2c1OCC2. The number of hydrogen-bond acceptors (Lipinski definition) is 6. The van der Waals surface area contributed by atoms with E-state index in [1.165, 1.54) is 0 Å². The maximum absolute atomic E-state index is 12.6. The van der Waals surface area contributed by atoms with Crippen molar-refractivity contribution in [2.75, 3.05) is 12.3 Å². The highest BCUT2D eigenvalue weighted by Crippen LogP contribution is 2.39. The Hall–Kier alpha value is -2.58. The first-order valence-electron chi connectivity index (χ1n) is 5.92. The molecule has 0 atom stereocenters. The van der Waals surface area contributed by atoms with Crippen molar-refractivity contribution in [3.63, 3.8) is 0 Å². The van der Waals surface area contributed by atoms with Crippen LogP contribution < -0.4 is 10.5 Å². The van der Waals surface area contributed by atoms with Crippen LogP contribution in [0.5, 0.6) is 11.5 Å². The van der Waals surface area contributed by atoms with E-state index in [0.29, 0.717) is 36.6 Å². The van der Waals surface area contributed by atoms with Gasteiger partial charge >= 0.3 is 6.18 Å². The number of halogens is 3. The molecule has 1 aliphatic heterocycles. The Kier molecular flexibility index (Phi) is 2.85. The highest BCUT2D eigenvalue weighted by Gasteiger charge is 2.33. The quantitative estimate of drug-likeness (QED) is 0.833. The number of rotatable bonds is 1. The summed E-state index contributed by atoms with van der Waals surface area (Å²) in [6.45, 7) is 0.362. The molecule has 0 saturated heterocycles. The van der Waals surface area contributed by atoms with Crippen LogP contribution in [0.4, 0.5) is 19.0 Å². The first-order valence-corrected chi connectivity index (χ1v) is 5.92. The Labute approximate surface area is 116 Å². The van der Waals surface area contributed by atoms with E-state index >= 15 is 0 Å². The molecule has 0 saturated carbocycles. The predicted molar refractivity (Wildman–Crippen MR) is 65.5 cm³/mol. The molecule has 3 N–H and O–H groups in total. The van der Waals surface area contributed by atoms with Gasteiger partial charge in [-0.3, -0.25) is 0 Å². The molecular formula is C12H9F3N4O2. The second kappa shape index (κ2) is 4.47. The second-order valence-corrected chi connectivity index (χ2v) is 4.43. The molecule has 0 amide bonds. The van der Waals surface area contributed by atoms with Gasteiger partial charge in [0.2, 0.25) is 0 Å². The van der Waals surface area contributed by atoms with E-state index in [2.05, 4.69) is 15.2 Å². The third-order valence-corrected chi connectivity index (χ3v) is 3.07. The van der Waals surface area contributed by atoms with Gasteiger partial charge in [0.15, 0.2) is 11.6 Å². The third kappa shape index (κ3) is 2.20. The summed E-state index contributed by atoms with van der Waals surface area (Å²) < 4.78 is 43.0. The molecule has 9 heteroatoms. The largest absolute Gasteiger partial charge is 0.506 e. The molecule has 0 radical (unpaired) electrons. The fourth-order valence-corrected chi connectivity index (χ4v) is 2.10. The van der Waals surface area contributed by atoms with Crippen molar-refractivity contribution in [3.8, 4) is 22.9 Å². The molecule has 110 valence electrons. The topological polar surface area (TPSA) is 94.2 Å². The fourth-order valence-electron chi connectivity index (χ4n) is 2.10. The van der Waals surface area contributed by atoms with Gasteiger partial charge in [-0.25, -0.2) is 4.98 Å². The molecule has 0 bridgehead atoms. The Bertz CT molecular complexity index is 718. The number of nitrogens with two attached hydrogens (primary N) is 1. The normalized spacial score (nSPS) is 13.9. The molecule has 0 aliphatic carbocycles. The Morgan fingerprint density at radius 1 is 1.24 bits per heavy atom. The highest BCUT2D eigenvalue weighted by molar-refractivity contribution is 5.71. The number of fused-ring (bicyclic) bond motifs is 1. The maximum atomic E-state index is 12.6. The van der Waals surface area contributed by atoms with Crippen molar-refractivity contribution < 1.29 is 23.0 Å². The van der Waals surface area contributed by atoms with Gasteiger partial charge in [0.25, 0.3) is 0 Å². The number of nitrogens with zero attached hydrogens (tertiary/aromatic N) is 3. The lowest BCUT2D eigenvalue weighted by Gasteiger charge is -2.10. The van der Waals surface area contributed by atoms with E-state index in [4.69, 9.17) is 10.5 Å². The molecule has 3 rings (SSSR count). The van der Waals surface area contributed by atoms with Crippen LogP contribution in [0.2, 0.25) is 0 Å². The molecule has 2 aromatic rings. The average molecular weight is 298 g/mol. The number of nitrogen functional groups attached to an aromatic ring is 1. The summed E-state index contributed by atoms with van der Waals surface area (Å²) >= 11 is 0. The van der Waals surface area contributed by atoms with Gasteiger partial charge in [0.05, 0.1) is 12.2 Å². The Morgan fingerprint density at radius 2 is 2.00 bits per heavy atom. The van der Waals surface area contributed by atoms with Crippen molar-refractivity contribution in [1.29, 1.82) is 0 Å². The molecular weight excluding hydrogens is 289 g/mol. The third-order valence-electron chi connectivity index (χ3n) is 3.07. The van der Waals surface area contributed by atoms with E-state index in [1.807, 2.05) is 0 Å². The van der Waals surface area contributed by atoms with Gasteiger partial charge in [0, 0.05) is 18.2 Å². The van der Waals surface area contributed by atoms with Crippen molar-refractivity contribution in [2.45, 2.75) is 12.6 Å². The van der Waals surface area contributed by atoms with Crippen molar-refractivity contribution in [2.24, 2.45) is 0 Å². The van der Waals surface area contributed by atoms with E-state index in [-0.39, 0.29) is 17.2 Å². The van der Waals surface area contributed by atoms with Crippen molar-refractivity contribution >= 4 is 5.82 Å². The van der Waals surface area contributed by atoms with E-state index < -0.39 is 17.5 Å². The number of pyridine rings is 1. The molecule has 21 heavy (non-hydrogen) atoms. The smallest absolute Gasteiger partial charge is 0.418 e. The maximum Gasteiger partial charge on any atom is 0.418 e. The Balaban J connectivity index is 2.13. The van der Waals surface area contributed by atoms with Gasteiger partial charge in [-0.05, 0) is 6.07 Å². The molecule has 0 aromatic carbocycles. The van der Waals surface area contributed by atoms with Crippen LogP contribution in [0.15, 0.2) is 12.3 Å². The number of aromatic hydroxyl groups is 1.